The lowest BCUT2D eigenvalue weighted by molar-refractivity contribution is -0.249. The summed E-state index contributed by atoms with van der Waals surface area (Å²) in [6.07, 6.45) is -7.82. The lowest BCUT2D eigenvalue weighted by atomic mass is 10.1. The monoisotopic (exact) mass is 257 g/mol. The van der Waals surface area contributed by atoms with E-state index in [-0.39, 0.29) is 0 Å². The second-order valence-electron chi connectivity index (χ2n) is 2.87. The number of hydrogen-bond donors (Lipinski definition) is 0. The third-order valence-electron chi connectivity index (χ3n) is 1.63. The van der Waals surface area contributed by atoms with E-state index in [0.717, 1.165) is 12.1 Å². The summed E-state index contributed by atoms with van der Waals surface area (Å²) in [6, 6.07) is 5.93. The van der Waals surface area contributed by atoms with Crippen molar-refractivity contribution in [1.29, 1.82) is 0 Å². The van der Waals surface area contributed by atoms with Crippen LogP contribution >= 0.6 is 7.91 Å². The van der Waals surface area contributed by atoms with E-state index in [1.807, 2.05) is 0 Å². The molecule has 0 amide bonds. The van der Waals surface area contributed by atoms with E-state index in [1.165, 1.54) is 18.2 Å². The van der Waals surface area contributed by atoms with Crippen molar-refractivity contribution < 1.29 is 31.4 Å². The number of halogens is 4. The maximum absolute atomic E-state index is 12.4. The highest BCUT2D eigenvalue weighted by molar-refractivity contribution is 7.45. The molecule has 1 rings (SSSR count). The van der Waals surface area contributed by atoms with Gasteiger partial charge in [0.1, 0.15) is 0 Å². The molecule has 0 bridgehead atoms. The van der Waals surface area contributed by atoms with E-state index < -0.39 is 25.8 Å². The Morgan fingerprint density at radius 2 is 1.75 bits per heavy atom. The highest BCUT2D eigenvalue weighted by atomic mass is 31.2. The molecule has 0 fully saturated rings. The summed E-state index contributed by atoms with van der Waals surface area (Å²) in [5.41, 5.74) is -0.483. The van der Waals surface area contributed by atoms with Gasteiger partial charge in [-0.15, -0.1) is 0 Å². The summed E-state index contributed by atoms with van der Waals surface area (Å²) in [5.74, 6) is 0. The largest absolute Gasteiger partial charge is 0.753 e. The normalized spacial score (nSPS) is 17.8. The highest BCUT2D eigenvalue weighted by Crippen LogP contribution is 2.49. The topological polar surface area (TPSA) is 49.4 Å². The molecule has 0 saturated carbocycles. The van der Waals surface area contributed by atoms with E-state index in [0.29, 0.717) is 0 Å². The lowest BCUT2D eigenvalue weighted by Gasteiger charge is -2.24. The van der Waals surface area contributed by atoms with Crippen molar-refractivity contribution in [3.8, 4) is 0 Å². The Hall–Kier alpha value is -0.910. The van der Waals surface area contributed by atoms with Gasteiger partial charge in [0.15, 0.2) is 6.10 Å². The second kappa shape index (κ2) is 4.53. The van der Waals surface area contributed by atoms with Crippen LogP contribution in [0.1, 0.15) is 11.7 Å². The van der Waals surface area contributed by atoms with E-state index in [1.54, 1.807) is 0 Å². The van der Waals surface area contributed by atoms with Crippen molar-refractivity contribution in [1.82, 2.24) is 0 Å². The van der Waals surface area contributed by atoms with Crippen LogP contribution in [0.5, 0.6) is 0 Å². The summed E-state index contributed by atoms with van der Waals surface area (Å²) in [5, 5.41) is 0. The molecule has 2 atom stereocenters. The van der Waals surface area contributed by atoms with Gasteiger partial charge >= 0.3 is 14.1 Å². The Kier molecular flexibility index (Phi) is 3.72. The van der Waals surface area contributed by atoms with Crippen molar-refractivity contribution >= 4 is 7.91 Å². The number of alkyl halides is 3. The van der Waals surface area contributed by atoms with Gasteiger partial charge in [-0.2, -0.15) is 17.4 Å². The minimum absolute atomic E-state index is 0.483. The van der Waals surface area contributed by atoms with Crippen LogP contribution in [0.15, 0.2) is 30.3 Å². The first-order valence-corrected chi connectivity index (χ1v) is 5.44. The molecule has 0 aliphatic carbocycles. The van der Waals surface area contributed by atoms with Gasteiger partial charge in [-0.25, -0.2) is 0 Å². The van der Waals surface area contributed by atoms with Crippen LogP contribution in [-0.4, -0.2) is 6.18 Å². The fraction of sp³-hybridized carbons (Fsp3) is 0.250. The van der Waals surface area contributed by atoms with Crippen LogP contribution in [0.4, 0.5) is 17.4 Å². The molecule has 0 spiro atoms. The molecule has 0 heterocycles. The summed E-state index contributed by atoms with van der Waals surface area (Å²) >= 11 is 0. The average molecular weight is 257 g/mol. The minimum Gasteiger partial charge on any atom is -0.753 e. The molecule has 0 aliphatic heterocycles. The first-order valence-electron chi connectivity index (χ1n) is 4.01. The summed E-state index contributed by atoms with van der Waals surface area (Å²) in [6.45, 7) is 0. The molecule has 0 aromatic heterocycles. The summed E-state index contributed by atoms with van der Waals surface area (Å²) < 4.78 is 62.8. The fourth-order valence-corrected chi connectivity index (χ4v) is 1.56. The van der Waals surface area contributed by atoms with Crippen LogP contribution in [0.25, 0.3) is 0 Å². The Labute approximate surface area is 88.3 Å². The molecule has 90 valence electrons. The van der Waals surface area contributed by atoms with Crippen molar-refractivity contribution in [3.63, 3.8) is 0 Å². The van der Waals surface area contributed by atoms with Gasteiger partial charge in [0, 0.05) is 0 Å². The van der Waals surface area contributed by atoms with E-state index in [9.17, 15) is 26.8 Å². The summed E-state index contributed by atoms with van der Waals surface area (Å²) in [4.78, 5) is 10.1. The molecule has 1 aromatic rings. The van der Waals surface area contributed by atoms with Gasteiger partial charge in [-0.3, -0.25) is 9.09 Å². The van der Waals surface area contributed by atoms with Crippen LogP contribution in [0.3, 0.4) is 0 Å². The minimum atomic E-state index is -5.95. The van der Waals surface area contributed by atoms with Gasteiger partial charge in [0.05, 0.1) is 0 Å². The molecule has 0 aliphatic rings. The zero-order valence-electron chi connectivity index (χ0n) is 7.65. The van der Waals surface area contributed by atoms with Gasteiger partial charge in [0.25, 0.3) is 0 Å². The van der Waals surface area contributed by atoms with Crippen LogP contribution < -0.4 is 4.89 Å². The smallest absolute Gasteiger partial charge is 0.419 e. The predicted octanol–water partition coefficient (Wildman–Crippen LogP) is 2.74. The Morgan fingerprint density at radius 1 is 1.25 bits per heavy atom. The quantitative estimate of drug-likeness (QED) is 0.617. The van der Waals surface area contributed by atoms with Crippen LogP contribution in [0.2, 0.25) is 0 Å². The third kappa shape index (κ3) is 3.92. The Balaban J connectivity index is 3.03. The molecule has 0 N–H and O–H groups in total. The molecule has 1 aromatic carbocycles. The molecule has 8 heteroatoms. The van der Waals surface area contributed by atoms with Gasteiger partial charge in [-0.1, -0.05) is 30.3 Å². The number of hydrogen-bond acceptors (Lipinski definition) is 3. The van der Waals surface area contributed by atoms with Crippen molar-refractivity contribution in [3.05, 3.63) is 35.9 Å². The Bertz CT molecular complexity index is 386. The van der Waals surface area contributed by atoms with Gasteiger partial charge in [-0.05, 0) is 5.56 Å². The maximum Gasteiger partial charge on any atom is 0.419 e. The molecule has 0 radical (unpaired) electrons. The third-order valence-corrected chi connectivity index (χ3v) is 2.09. The predicted molar refractivity (Wildman–Crippen MR) is 45.0 cm³/mol. The highest BCUT2D eigenvalue weighted by Gasteiger charge is 2.44. The molecule has 2 unspecified atom stereocenters. The fourth-order valence-electron chi connectivity index (χ4n) is 1.06. The molecule has 3 nitrogen and oxygen atoms in total. The Morgan fingerprint density at radius 3 is 2.12 bits per heavy atom. The van der Waals surface area contributed by atoms with E-state index >= 15 is 0 Å². The van der Waals surface area contributed by atoms with E-state index in [4.69, 9.17) is 0 Å². The number of benzene rings is 1. The van der Waals surface area contributed by atoms with Gasteiger partial charge < -0.3 is 4.89 Å². The van der Waals surface area contributed by atoms with Crippen molar-refractivity contribution in [2.24, 2.45) is 0 Å². The number of rotatable bonds is 3. The second-order valence-corrected chi connectivity index (χ2v) is 3.94. The zero-order chi connectivity index (χ0) is 12.4. The van der Waals surface area contributed by atoms with Crippen LogP contribution in [0, 0.1) is 0 Å². The van der Waals surface area contributed by atoms with Crippen molar-refractivity contribution in [2.75, 3.05) is 0 Å². The zero-order valence-corrected chi connectivity index (χ0v) is 8.54. The molecular weight excluding hydrogens is 251 g/mol. The van der Waals surface area contributed by atoms with Crippen molar-refractivity contribution in [2.45, 2.75) is 12.3 Å². The first kappa shape index (κ1) is 13.2. The van der Waals surface area contributed by atoms with E-state index in [2.05, 4.69) is 4.52 Å². The lowest BCUT2D eigenvalue weighted by Crippen LogP contribution is -2.23. The standard InChI is InChI=1S/C8H7F4O3P/c9-8(10,11)7(15-16(12,13)14)6-4-2-1-3-5-6/h1-5,7H,(H,13,14)/p-1. The molecule has 16 heavy (non-hydrogen) atoms. The van der Waals surface area contributed by atoms with Gasteiger partial charge in [0.2, 0.25) is 0 Å². The van der Waals surface area contributed by atoms with Crippen LogP contribution in [-0.2, 0) is 9.09 Å². The molecular formula is C8H6F4O3P-. The average Bonchev–Trinajstić information content (AvgIpc) is 2.13. The first-order chi connectivity index (χ1) is 7.20. The maximum atomic E-state index is 12.4. The summed E-state index contributed by atoms with van der Waals surface area (Å²) in [7, 11) is -5.95. The molecule has 0 saturated heterocycles. The SMILES string of the molecule is O=P([O-])(F)OC(c1ccccc1)C(F)(F)F.